The molecule has 0 saturated carbocycles. The average Bonchev–Trinajstić information content (AvgIpc) is 3.01. The van der Waals surface area contributed by atoms with E-state index < -0.39 is 10.8 Å². The number of carbonyl (C=O) groups is 2. The number of anilines is 2. The fraction of sp³-hybridized carbons (Fsp3) is 0.212. The molecule has 0 radical (unpaired) electrons. The van der Waals surface area contributed by atoms with Crippen molar-refractivity contribution < 1.29 is 18.9 Å². The maximum Gasteiger partial charge on any atom is 0.270 e. The highest BCUT2D eigenvalue weighted by atomic mass is 19.1. The molecular formula is C33H31FN4O4. The summed E-state index contributed by atoms with van der Waals surface area (Å²) in [6.45, 7) is 1.78. The summed E-state index contributed by atoms with van der Waals surface area (Å²) in [7, 11) is 0. The van der Waals surface area contributed by atoms with Crippen LogP contribution in [0.1, 0.15) is 44.7 Å². The molecule has 5 rings (SSSR count). The van der Waals surface area contributed by atoms with Gasteiger partial charge in [-0.1, -0.05) is 48.5 Å². The number of carbonyl (C=O) groups excluding carboxylic acids is 2. The van der Waals surface area contributed by atoms with Crippen LogP contribution in [0, 0.1) is 21.8 Å². The van der Waals surface area contributed by atoms with Crippen LogP contribution in [-0.4, -0.2) is 29.8 Å². The molecule has 8 nitrogen and oxygen atoms in total. The van der Waals surface area contributed by atoms with Gasteiger partial charge in [-0.3, -0.25) is 19.7 Å². The molecule has 2 N–H and O–H groups in total. The van der Waals surface area contributed by atoms with E-state index in [4.69, 9.17) is 0 Å². The Morgan fingerprint density at radius 3 is 2.31 bits per heavy atom. The molecule has 0 bridgehead atoms. The minimum atomic E-state index is -0.557. The summed E-state index contributed by atoms with van der Waals surface area (Å²) < 4.78 is 13.3. The number of nitrogens with zero attached hydrogens (tertiary/aromatic N) is 2. The van der Waals surface area contributed by atoms with Gasteiger partial charge in [-0.25, -0.2) is 4.39 Å². The molecule has 0 atom stereocenters. The maximum absolute atomic E-state index is 13.5. The normalized spacial score (nSPS) is 13.4. The lowest BCUT2D eigenvalue weighted by Gasteiger charge is -2.35. The third-order valence-corrected chi connectivity index (χ3v) is 7.51. The van der Waals surface area contributed by atoms with Gasteiger partial charge in [-0.15, -0.1) is 0 Å². The van der Waals surface area contributed by atoms with Crippen LogP contribution in [0.25, 0.3) is 0 Å². The fourth-order valence-corrected chi connectivity index (χ4v) is 5.24. The zero-order chi connectivity index (χ0) is 29.5. The minimum Gasteiger partial charge on any atom is -0.371 e. The molecule has 42 heavy (non-hydrogen) atoms. The fourth-order valence-electron chi connectivity index (χ4n) is 5.24. The highest BCUT2D eigenvalue weighted by Gasteiger charge is 2.24. The van der Waals surface area contributed by atoms with Crippen molar-refractivity contribution in [3.05, 3.63) is 135 Å². The van der Waals surface area contributed by atoms with Crippen molar-refractivity contribution in [2.45, 2.75) is 25.8 Å². The van der Waals surface area contributed by atoms with Gasteiger partial charge >= 0.3 is 0 Å². The van der Waals surface area contributed by atoms with E-state index >= 15 is 0 Å². The van der Waals surface area contributed by atoms with Crippen molar-refractivity contribution in [3.63, 3.8) is 0 Å². The number of hydrogen-bond donors (Lipinski definition) is 2. The Hall–Kier alpha value is -5.05. The Morgan fingerprint density at radius 1 is 0.857 bits per heavy atom. The molecule has 4 aromatic carbocycles. The second kappa shape index (κ2) is 13.1. The Morgan fingerprint density at radius 2 is 1.60 bits per heavy atom. The lowest BCUT2D eigenvalue weighted by atomic mass is 9.89. The summed E-state index contributed by atoms with van der Waals surface area (Å²) in [5.41, 5.74) is 3.57. The zero-order valence-corrected chi connectivity index (χ0v) is 23.0. The molecule has 4 aromatic rings. The topological polar surface area (TPSA) is 105 Å². The van der Waals surface area contributed by atoms with Gasteiger partial charge in [0, 0.05) is 48.7 Å². The summed E-state index contributed by atoms with van der Waals surface area (Å²) in [6.07, 6.45) is 2.98. The Kier molecular flexibility index (Phi) is 8.87. The van der Waals surface area contributed by atoms with Crippen LogP contribution in [0.15, 0.2) is 97.1 Å². The van der Waals surface area contributed by atoms with E-state index in [9.17, 15) is 24.1 Å². The largest absolute Gasteiger partial charge is 0.371 e. The number of benzene rings is 4. The van der Waals surface area contributed by atoms with E-state index in [0.717, 1.165) is 43.6 Å². The minimum absolute atomic E-state index is 0.135. The summed E-state index contributed by atoms with van der Waals surface area (Å²) in [5.74, 6) is -0.652. The quantitative estimate of drug-likeness (QED) is 0.181. The number of nitrogens with one attached hydrogen (secondary N) is 2. The van der Waals surface area contributed by atoms with Gasteiger partial charge in [-0.05, 0) is 72.7 Å². The number of halogens is 1. The first-order valence-corrected chi connectivity index (χ1v) is 13.9. The number of rotatable bonds is 9. The van der Waals surface area contributed by atoms with Gasteiger partial charge in [0.25, 0.3) is 17.5 Å². The second-order valence-electron chi connectivity index (χ2n) is 10.4. The third kappa shape index (κ3) is 7.17. The van der Waals surface area contributed by atoms with Crippen LogP contribution in [0.2, 0.25) is 0 Å². The SMILES string of the molecule is O=C(Nc1ccc(N2CCC(Cc3ccccc3)CC2)c(C(=O)NCc2ccc(F)cc2)c1)c1cccc([N+](=O)[O-])c1. The molecule has 1 aliphatic heterocycles. The van der Waals surface area contributed by atoms with Gasteiger partial charge in [0.05, 0.1) is 10.5 Å². The van der Waals surface area contributed by atoms with E-state index in [1.54, 1.807) is 24.3 Å². The van der Waals surface area contributed by atoms with E-state index in [-0.39, 0.29) is 29.5 Å². The Bertz CT molecular complexity index is 1570. The summed E-state index contributed by atoms with van der Waals surface area (Å²) in [6, 6.07) is 27.0. The predicted molar refractivity (Wildman–Crippen MR) is 160 cm³/mol. The number of nitro benzene ring substituents is 1. The highest BCUT2D eigenvalue weighted by molar-refractivity contribution is 6.06. The monoisotopic (exact) mass is 566 g/mol. The van der Waals surface area contributed by atoms with Gasteiger partial charge in [0.1, 0.15) is 5.82 Å². The summed E-state index contributed by atoms with van der Waals surface area (Å²) in [5, 5.41) is 16.8. The van der Waals surface area contributed by atoms with Crippen molar-refractivity contribution in [1.29, 1.82) is 0 Å². The van der Waals surface area contributed by atoms with E-state index in [0.29, 0.717) is 17.2 Å². The Labute approximate surface area is 243 Å². The molecule has 0 spiro atoms. The lowest BCUT2D eigenvalue weighted by Crippen LogP contribution is -2.36. The number of nitro groups is 1. The highest BCUT2D eigenvalue weighted by Crippen LogP contribution is 2.30. The number of amides is 2. The van der Waals surface area contributed by atoms with Crippen LogP contribution in [0.3, 0.4) is 0 Å². The molecule has 1 saturated heterocycles. The van der Waals surface area contributed by atoms with Crippen molar-refractivity contribution in [1.82, 2.24) is 5.32 Å². The Balaban J connectivity index is 1.34. The molecule has 9 heteroatoms. The van der Waals surface area contributed by atoms with Gasteiger partial charge in [0.2, 0.25) is 0 Å². The van der Waals surface area contributed by atoms with E-state index in [1.165, 1.54) is 42.0 Å². The van der Waals surface area contributed by atoms with Crippen molar-refractivity contribution in [2.24, 2.45) is 5.92 Å². The number of hydrogen-bond acceptors (Lipinski definition) is 5. The van der Waals surface area contributed by atoms with Gasteiger partial charge in [0.15, 0.2) is 0 Å². The standard InChI is InChI=1S/C33H31FN4O4/c34-27-11-9-25(10-12-27)22-35-33(40)30-21-28(36-32(39)26-7-4-8-29(20-26)38(41)42)13-14-31(30)37-17-15-24(16-18-37)19-23-5-2-1-3-6-23/h1-14,20-21,24H,15-19,22H2,(H,35,40)(H,36,39). The number of non-ortho nitro benzene ring substituents is 1. The van der Waals surface area contributed by atoms with Crippen LogP contribution in [0.5, 0.6) is 0 Å². The van der Waals surface area contributed by atoms with E-state index in [1.807, 2.05) is 12.1 Å². The molecular weight excluding hydrogens is 535 g/mol. The van der Waals surface area contributed by atoms with E-state index in [2.05, 4.69) is 39.8 Å². The molecule has 214 valence electrons. The number of piperidine rings is 1. The first-order valence-electron chi connectivity index (χ1n) is 13.9. The second-order valence-corrected chi connectivity index (χ2v) is 10.4. The molecule has 1 heterocycles. The lowest BCUT2D eigenvalue weighted by molar-refractivity contribution is -0.384. The molecule has 0 aromatic heterocycles. The van der Waals surface area contributed by atoms with Crippen LogP contribution < -0.4 is 15.5 Å². The van der Waals surface area contributed by atoms with Crippen LogP contribution in [-0.2, 0) is 13.0 Å². The van der Waals surface area contributed by atoms with Crippen LogP contribution >= 0.6 is 0 Å². The maximum atomic E-state index is 13.5. The van der Waals surface area contributed by atoms with Gasteiger partial charge in [-0.2, -0.15) is 0 Å². The van der Waals surface area contributed by atoms with Crippen molar-refractivity contribution in [2.75, 3.05) is 23.3 Å². The molecule has 1 aliphatic rings. The average molecular weight is 567 g/mol. The predicted octanol–water partition coefficient (Wildman–Crippen LogP) is 6.38. The summed E-state index contributed by atoms with van der Waals surface area (Å²) >= 11 is 0. The molecule has 0 unspecified atom stereocenters. The molecule has 1 fully saturated rings. The molecule has 0 aliphatic carbocycles. The molecule has 2 amide bonds. The zero-order valence-electron chi connectivity index (χ0n) is 23.0. The first-order chi connectivity index (χ1) is 20.4. The smallest absolute Gasteiger partial charge is 0.270 e. The summed E-state index contributed by atoms with van der Waals surface area (Å²) in [4.78, 5) is 39.2. The van der Waals surface area contributed by atoms with Gasteiger partial charge < -0.3 is 15.5 Å². The first kappa shape index (κ1) is 28.5. The van der Waals surface area contributed by atoms with Crippen molar-refractivity contribution in [3.8, 4) is 0 Å². The third-order valence-electron chi connectivity index (χ3n) is 7.51. The van der Waals surface area contributed by atoms with Crippen molar-refractivity contribution >= 4 is 28.9 Å². The van der Waals surface area contributed by atoms with Crippen LogP contribution in [0.4, 0.5) is 21.5 Å².